The molecule has 0 atom stereocenters. The second-order valence-electron chi connectivity index (χ2n) is 7.72. The van der Waals surface area contributed by atoms with Crippen molar-refractivity contribution in [3.63, 3.8) is 0 Å². The van der Waals surface area contributed by atoms with Crippen molar-refractivity contribution in [2.75, 3.05) is 0 Å². The van der Waals surface area contributed by atoms with Gasteiger partial charge in [-0.1, -0.05) is 50.7 Å². The summed E-state index contributed by atoms with van der Waals surface area (Å²) in [6.45, 7) is 0. The summed E-state index contributed by atoms with van der Waals surface area (Å²) in [4.78, 5) is 22.4. The Hall–Kier alpha value is -2.10. The van der Waals surface area contributed by atoms with Crippen molar-refractivity contribution in [3.8, 4) is 0 Å². The summed E-state index contributed by atoms with van der Waals surface area (Å²) in [7, 11) is 0. The topological polar surface area (TPSA) is 74.6 Å². The highest BCUT2D eigenvalue weighted by Crippen LogP contribution is 2.39. The molecule has 1 aromatic rings. The second kappa shape index (κ2) is 8.52. The summed E-state index contributed by atoms with van der Waals surface area (Å²) in [5, 5.41) is 19.4. The molecule has 0 heterocycles. The standard InChI is InChI=1S/C22H28O4/c23-20(14-21(24)22(25)26)19-13-17(15-7-3-1-4-8-15)11-12-18(19)16-9-5-2-6-10-16/h11-16,23H,1-10H2,(H,25,26). The Morgan fingerprint density at radius 2 is 1.42 bits per heavy atom. The van der Waals surface area contributed by atoms with E-state index in [1.165, 1.54) is 44.1 Å². The number of carboxylic acid groups (broad SMARTS) is 1. The third-order valence-electron chi connectivity index (χ3n) is 5.95. The van der Waals surface area contributed by atoms with Crippen LogP contribution in [0.2, 0.25) is 0 Å². The monoisotopic (exact) mass is 356 g/mol. The van der Waals surface area contributed by atoms with Crippen LogP contribution in [-0.4, -0.2) is 22.0 Å². The van der Waals surface area contributed by atoms with E-state index < -0.39 is 11.8 Å². The van der Waals surface area contributed by atoms with E-state index in [4.69, 9.17) is 5.11 Å². The predicted molar refractivity (Wildman–Crippen MR) is 101 cm³/mol. The number of benzene rings is 1. The van der Waals surface area contributed by atoms with E-state index in [1.807, 2.05) is 6.07 Å². The largest absolute Gasteiger partial charge is 0.507 e. The molecule has 4 nitrogen and oxygen atoms in total. The number of carbonyl (C=O) groups excluding carboxylic acids is 1. The van der Waals surface area contributed by atoms with Gasteiger partial charge >= 0.3 is 5.97 Å². The minimum absolute atomic E-state index is 0.212. The molecule has 140 valence electrons. The van der Waals surface area contributed by atoms with Gasteiger partial charge in [0.05, 0.1) is 0 Å². The van der Waals surface area contributed by atoms with Gasteiger partial charge in [-0.25, -0.2) is 4.79 Å². The number of aliphatic hydroxyl groups excluding tert-OH is 1. The highest BCUT2D eigenvalue weighted by Gasteiger charge is 2.23. The number of aliphatic carboxylic acids is 1. The summed E-state index contributed by atoms with van der Waals surface area (Å²) in [6, 6.07) is 6.28. The van der Waals surface area contributed by atoms with E-state index in [0.717, 1.165) is 37.3 Å². The molecular weight excluding hydrogens is 328 g/mol. The van der Waals surface area contributed by atoms with Crippen LogP contribution >= 0.6 is 0 Å². The van der Waals surface area contributed by atoms with Gasteiger partial charge in [0.25, 0.3) is 5.78 Å². The fraction of sp³-hybridized carbons (Fsp3) is 0.545. The van der Waals surface area contributed by atoms with Crippen LogP contribution in [0.25, 0.3) is 5.76 Å². The molecule has 4 heteroatoms. The Kier molecular flexibility index (Phi) is 6.12. The first-order chi connectivity index (χ1) is 12.6. The zero-order valence-electron chi connectivity index (χ0n) is 15.2. The first-order valence-electron chi connectivity index (χ1n) is 9.88. The van der Waals surface area contributed by atoms with Crippen molar-refractivity contribution in [1.82, 2.24) is 0 Å². The first kappa shape index (κ1) is 18.7. The van der Waals surface area contributed by atoms with E-state index in [-0.39, 0.29) is 5.76 Å². The molecule has 0 radical (unpaired) electrons. The fourth-order valence-corrected chi connectivity index (χ4v) is 4.52. The summed E-state index contributed by atoms with van der Waals surface area (Å²) in [5.74, 6) is -1.98. The van der Waals surface area contributed by atoms with Gasteiger partial charge in [0, 0.05) is 11.6 Å². The van der Waals surface area contributed by atoms with E-state index in [2.05, 4.69) is 12.1 Å². The molecular formula is C22H28O4. The average Bonchev–Trinajstić information content (AvgIpc) is 2.68. The molecule has 1 aromatic carbocycles. The molecule has 0 aromatic heterocycles. The molecule has 0 bridgehead atoms. The van der Waals surface area contributed by atoms with Crippen LogP contribution < -0.4 is 0 Å². The van der Waals surface area contributed by atoms with Gasteiger partial charge in [0.2, 0.25) is 0 Å². The van der Waals surface area contributed by atoms with Crippen molar-refractivity contribution >= 4 is 17.5 Å². The maximum Gasteiger partial charge on any atom is 0.376 e. The molecule has 0 spiro atoms. The molecule has 2 fully saturated rings. The smallest absolute Gasteiger partial charge is 0.376 e. The Morgan fingerprint density at radius 1 is 0.846 bits per heavy atom. The highest BCUT2D eigenvalue weighted by atomic mass is 16.4. The highest BCUT2D eigenvalue weighted by molar-refractivity contribution is 6.38. The number of carboxylic acids is 1. The third-order valence-corrected chi connectivity index (χ3v) is 5.95. The molecule has 3 rings (SSSR count). The minimum Gasteiger partial charge on any atom is -0.507 e. The molecule has 0 amide bonds. The van der Waals surface area contributed by atoms with E-state index in [0.29, 0.717) is 17.4 Å². The molecule has 26 heavy (non-hydrogen) atoms. The average molecular weight is 356 g/mol. The summed E-state index contributed by atoms with van der Waals surface area (Å²) in [6.07, 6.45) is 12.6. The fourth-order valence-electron chi connectivity index (χ4n) is 4.52. The van der Waals surface area contributed by atoms with Crippen molar-refractivity contribution in [1.29, 1.82) is 0 Å². The number of ketones is 1. The van der Waals surface area contributed by atoms with Crippen molar-refractivity contribution in [2.24, 2.45) is 0 Å². The van der Waals surface area contributed by atoms with Crippen molar-refractivity contribution < 1.29 is 19.8 Å². The van der Waals surface area contributed by atoms with Gasteiger partial charge in [-0.2, -0.15) is 0 Å². The van der Waals surface area contributed by atoms with Gasteiger partial charge in [-0.05, 0) is 54.7 Å². The van der Waals surface area contributed by atoms with Crippen LogP contribution in [-0.2, 0) is 9.59 Å². The first-order valence-corrected chi connectivity index (χ1v) is 9.88. The number of rotatable bonds is 5. The molecule has 2 N–H and O–H groups in total. The summed E-state index contributed by atoms with van der Waals surface area (Å²) in [5.41, 5.74) is 2.90. The van der Waals surface area contributed by atoms with Crippen LogP contribution in [0.4, 0.5) is 0 Å². The van der Waals surface area contributed by atoms with Gasteiger partial charge in [-0.3, -0.25) is 4.79 Å². The van der Waals surface area contributed by atoms with E-state index >= 15 is 0 Å². The molecule has 2 aliphatic carbocycles. The summed E-state index contributed by atoms with van der Waals surface area (Å²) >= 11 is 0. The number of aliphatic hydroxyl groups is 1. The van der Waals surface area contributed by atoms with Crippen LogP contribution in [0.15, 0.2) is 24.3 Å². The second-order valence-corrected chi connectivity index (χ2v) is 7.72. The lowest BCUT2D eigenvalue weighted by molar-refractivity contribution is -0.146. The molecule has 0 unspecified atom stereocenters. The van der Waals surface area contributed by atoms with Crippen molar-refractivity contribution in [3.05, 3.63) is 41.0 Å². The number of carbonyl (C=O) groups is 2. The minimum atomic E-state index is -1.54. The molecule has 2 aliphatic rings. The van der Waals surface area contributed by atoms with Gasteiger partial charge in [-0.15, -0.1) is 0 Å². The zero-order chi connectivity index (χ0) is 18.5. The van der Waals surface area contributed by atoms with Gasteiger partial charge < -0.3 is 10.2 Å². The lowest BCUT2D eigenvalue weighted by atomic mass is 9.78. The summed E-state index contributed by atoms with van der Waals surface area (Å²) < 4.78 is 0. The number of hydrogen-bond donors (Lipinski definition) is 2. The van der Waals surface area contributed by atoms with Crippen LogP contribution in [0.5, 0.6) is 0 Å². The maximum absolute atomic E-state index is 11.6. The van der Waals surface area contributed by atoms with Crippen LogP contribution in [0.3, 0.4) is 0 Å². The Morgan fingerprint density at radius 3 is 2.00 bits per heavy atom. The molecule has 0 saturated heterocycles. The van der Waals surface area contributed by atoms with Crippen LogP contribution in [0.1, 0.15) is 92.7 Å². The number of hydrogen-bond acceptors (Lipinski definition) is 3. The maximum atomic E-state index is 11.6. The normalized spacial score (nSPS) is 20.1. The Bertz CT molecular complexity index is 692. The van der Waals surface area contributed by atoms with E-state index in [9.17, 15) is 14.7 Å². The van der Waals surface area contributed by atoms with Gasteiger partial charge in [0.1, 0.15) is 5.76 Å². The van der Waals surface area contributed by atoms with Crippen molar-refractivity contribution in [2.45, 2.75) is 76.0 Å². The van der Waals surface area contributed by atoms with Gasteiger partial charge in [0.15, 0.2) is 0 Å². The molecule has 2 saturated carbocycles. The van der Waals surface area contributed by atoms with E-state index in [1.54, 1.807) is 0 Å². The Balaban J connectivity index is 1.97. The van der Waals surface area contributed by atoms with Crippen LogP contribution in [0, 0.1) is 0 Å². The quantitative estimate of drug-likeness (QED) is 0.424. The SMILES string of the molecule is O=C(O)C(=O)C=C(O)c1cc(C2CCCCC2)ccc1C1CCCCC1. The zero-order valence-corrected chi connectivity index (χ0v) is 15.2. The third kappa shape index (κ3) is 4.35. The molecule has 0 aliphatic heterocycles. The Labute approximate surface area is 154 Å². The lowest BCUT2D eigenvalue weighted by Crippen LogP contribution is -2.12. The predicted octanol–water partition coefficient (Wildman–Crippen LogP) is 5.33. The lowest BCUT2D eigenvalue weighted by Gasteiger charge is -2.27.